The molecule has 1 aliphatic heterocycles. The van der Waals surface area contributed by atoms with E-state index in [2.05, 4.69) is 20.8 Å². The van der Waals surface area contributed by atoms with Crippen molar-refractivity contribution in [3.63, 3.8) is 0 Å². The molecule has 2 aromatic carbocycles. The van der Waals surface area contributed by atoms with Crippen molar-refractivity contribution in [3.05, 3.63) is 59.1 Å². The predicted octanol–water partition coefficient (Wildman–Crippen LogP) is 5.38. The molecule has 1 heterocycles. The zero-order valence-corrected chi connectivity index (χ0v) is 14.4. The molecule has 0 unspecified atom stereocenters. The zero-order valence-electron chi connectivity index (χ0n) is 13.6. The summed E-state index contributed by atoms with van der Waals surface area (Å²) in [6.45, 7) is 7.58. The van der Waals surface area contributed by atoms with E-state index in [-0.39, 0.29) is 5.41 Å². The third kappa shape index (κ3) is 3.23. The number of benzene rings is 2. The number of ether oxygens (including phenoxy) is 3. The fourth-order valence-electron chi connectivity index (χ4n) is 2.85. The van der Waals surface area contributed by atoms with Gasteiger partial charge in [-0.15, -0.1) is 0 Å². The van der Waals surface area contributed by atoms with E-state index in [0.717, 1.165) is 11.3 Å². The van der Waals surface area contributed by atoms with Gasteiger partial charge in [0.25, 0.3) is 0 Å². The Morgan fingerprint density at radius 1 is 0.957 bits per heavy atom. The van der Waals surface area contributed by atoms with Crippen molar-refractivity contribution in [2.75, 3.05) is 13.2 Å². The van der Waals surface area contributed by atoms with Crippen LogP contribution in [-0.4, -0.2) is 13.2 Å². The topological polar surface area (TPSA) is 27.7 Å². The average molecular weight is 333 g/mol. The molecule has 0 N–H and O–H groups in total. The van der Waals surface area contributed by atoms with Gasteiger partial charge in [-0.1, -0.05) is 38.4 Å². The second-order valence-corrected chi connectivity index (χ2v) is 7.08. The first-order chi connectivity index (χ1) is 10.9. The fraction of sp³-hybridized carbons (Fsp3) is 0.368. The molecule has 1 aliphatic rings. The lowest BCUT2D eigenvalue weighted by atomic mass is 9.81. The van der Waals surface area contributed by atoms with Crippen LogP contribution in [0.4, 0.5) is 0 Å². The summed E-state index contributed by atoms with van der Waals surface area (Å²) in [4.78, 5) is 0. The van der Waals surface area contributed by atoms with Gasteiger partial charge in [0.2, 0.25) is 0 Å². The highest BCUT2D eigenvalue weighted by Gasteiger charge is 2.48. The smallest absolute Gasteiger partial charge is 0.199 e. The highest BCUT2D eigenvalue weighted by molar-refractivity contribution is 6.30. The molecule has 4 heteroatoms. The van der Waals surface area contributed by atoms with Crippen LogP contribution in [0.15, 0.2) is 48.5 Å². The van der Waals surface area contributed by atoms with Crippen LogP contribution in [0.3, 0.4) is 0 Å². The van der Waals surface area contributed by atoms with Gasteiger partial charge in [0.1, 0.15) is 11.5 Å². The summed E-state index contributed by atoms with van der Waals surface area (Å²) < 4.78 is 17.8. The van der Waals surface area contributed by atoms with E-state index in [9.17, 15) is 0 Å². The summed E-state index contributed by atoms with van der Waals surface area (Å²) in [6.07, 6.45) is 0. The Labute approximate surface area is 142 Å². The van der Waals surface area contributed by atoms with Crippen LogP contribution in [0.2, 0.25) is 5.02 Å². The van der Waals surface area contributed by atoms with Gasteiger partial charge in [0, 0.05) is 16.0 Å². The van der Waals surface area contributed by atoms with E-state index in [1.807, 2.05) is 42.5 Å². The van der Waals surface area contributed by atoms with Gasteiger partial charge in [-0.2, -0.15) is 0 Å². The summed E-state index contributed by atoms with van der Waals surface area (Å²) in [6, 6.07) is 15.2. The van der Waals surface area contributed by atoms with E-state index in [1.165, 1.54) is 0 Å². The minimum Gasteiger partial charge on any atom is -0.457 e. The molecular weight excluding hydrogens is 312 g/mol. The summed E-state index contributed by atoms with van der Waals surface area (Å²) in [5.74, 6) is 0.754. The van der Waals surface area contributed by atoms with Crippen molar-refractivity contribution >= 4 is 11.6 Å². The fourth-order valence-corrected chi connectivity index (χ4v) is 3.03. The maximum Gasteiger partial charge on any atom is 0.199 e. The molecule has 0 aromatic heterocycles. The van der Waals surface area contributed by atoms with Gasteiger partial charge < -0.3 is 14.2 Å². The van der Waals surface area contributed by atoms with Crippen LogP contribution < -0.4 is 4.74 Å². The van der Waals surface area contributed by atoms with Crippen LogP contribution in [0.25, 0.3) is 0 Å². The SMILES string of the molecule is CC(C)(C)C1(c2ccc(Oc3cccc(Cl)c3)cc2)OCCO1. The van der Waals surface area contributed by atoms with Gasteiger partial charge in [-0.05, 0) is 42.5 Å². The Bertz CT molecular complexity index is 668. The Hall–Kier alpha value is -1.55. The van der Waals surface area contributed by atoms with E-state index in [1.54, 1.807) is 6.07 Å². The molecule has 2 aromatic rings. The molecule has 122 valence electrons. The van der Waals surface area contributed by atoms with Gasteiger partial charge >= 0.3 is 0 Å². The lowest BCUT2D eigenvalue weighted by Gasteiger charge is -2.39. The Balaban J connectivity index is 1.84. The quantitative estimate of drug-likeness (QED) is 0.755. The molecule has 1 fully saturated rings. The van der Waals surface area contributed by atoms with E-state index in [0.29, 0.717) is 24.0 Å². The predicted molar refractivity (Wildman–Crippen MR) is 91.0 cm³/mol. The van der Waals surface area contributed by atoms with Gasteiger partial charge in [0.05, 0.1) is 13.2 Å². The van der Waals surface area contributed by atoms with Gasteiger partial charge in [0.15, 0.2) is 5.79 Å². The number of rotatable bonds is 3. The molecule has 0 aliphatic carbocycles. The highest BCUT2D eigenvalue weighted by Crippen LogP contribution is 2.46. The molecular formula is C19H21ClO3. The maximum atomic E-state index is 5.98. The summed E-state index contributed by atoms with van der Waals surface area (Å²) in [5, 5.41) is 0.651. The van der Waals surface area contributed by atoms with E-state index in [4.69, 9.17) is 25.8 Å². The largest absolute Gasteiger partial charge is 0.457 e. The zero-order chi connectivity index (χ0) is 16.5. The Morgan fingerprint density at radius 2 is 1.61 bits per heavy atom. The third-order valence-corrected chi connectivity index (χ3v) is 4.18. The minimum atomic E-state index is -0.707. The molecule has 1 saturated heterocycles. The molecule has 0 amide bonds. The van der Waals surface area contributed by atoms with Crippen molar-refractivity contribution in [1.29, 1.82) is 0 Å². The minimum absolute atomic E-state index is 0.168. The number of hydrogen-bond acceptors (Lipinski definition) is 3. The second kappa shape index (κ2) is 6.16. The second-order valence-electron chi connectivity index (χ2n) is 6.65. The molecule has 0 atom stereocenters. The molecule has 0 saturated carbocycles. The molecule has 0 bridgehead atoms. The molecule has 23 heavy (non-hydrogen) atoms. The standard InChI is InChI=1S/C19H21ClO3/c1-18(2,3)19(21-11-12-22-19)14-7-9-16(10-8-14)23-17-6-4-5-15(20)13-17/h4-10,13H,11-12H2,1-3H3. The number of halogens is 1. The summed E-state index contributed by atoms with van der Waals surface area (Å²) in [5.41, 5.74) is 0.833. The van der Waals surface area contributed by atoms with Crippen molar-refractivity contribution in [2.45, 2.75) is 26.6 Å². The highest BCUT2D eigenvalue weighted by atomic mass is 35.5. The monoisotopic (exact) mass is 332 g/mol. The first-order valence-electron chi connectivity index (χ1n) is 7.73. The number of hydrogen-bond donors (Lipinski definition) is 0. The first-order valence-corrected chi connectivity index (χ1v) is 8.10. The van der Waals surface area contributed by atoms with E-state index >= 15 is 0 Å². The molecule has 0 spiro atoms. The first kappa shape index (κ1) is 16.3. The van der Waals surface area contributed by atoms with Crippen molar-refractivity contribution in [3.8, 4) is 11.5 Å². The van der Waals surface area contributed by atoms with Crippen molar-refractivity contribution in [1.82, 2.24) is 0 Å². The Kier molecular flexibility index (Phi) is 4.37. The lowest BCUT2D eigenvalue weighted by molar-refractivity contribution is -0.232. The van der Waals surface area contributed by atoms with E-state index < -0.39 is 5.79 Å². The van der Waals surface area contributed by atoms with Gasteiger partial charge in [-0.25, -0.2) is 0 Å². The van der Waals surface area contributed by atoms with Crippen molar-refractivity contribution < 1.29 is 14.2 Å². The molecule has 0 radical (unpaired) electrons. The summed E-state index contributed by atoms with van der Waals surface area (Å²) in [7, 11) is 0. The van der Waals surface area contributed by atoms with Crippen LogP contribution >= 0.6 is 11.6 Å². The normalized spacial score (nSPS) is 17.2. The van der Waals surface area contributed by atoms with Crippen LogP contribution in [0.1, 0.15) is 26.3 Å². The lowest BCUT2D eigenvalue weighted by Crippen LogP contribution is -2.41. The summed E-state index contributed by atoms with van der Waals surface area (Å²) >= 11 is 5.98. The van der Waals surface area contributed by atoms with Crippen LogP contribution in [0, 0.1) is 5.41 Å². The van der Waals surface area contributed by atoms with Crippen LogP contribution in [0.5, 0.6) is 11.5 Å². The Morgan fingerprint density at radius 3 is 2.17 bits per heavy atom. The molecule has 3 nitrogen and oxygen atoms in total. The van der Waals surface area contributed by atoms with Crippen molar-refractivity contribution in [2.24, 2.45) is 5.41 Å². The molecule has 3 rings (SSSR count). The average Bonchev–Trinajstić information content (AvgIpc) is 2.99. The van der Waals surface area contributed by atoms with Crippen LogP contribution in [-0.2, 0) is 15.3 Å². The maximum absolute atomic E-state index is 5.98. The van der Waals surface area contributed by atoms with Gasteiger partial charge in [-0.3, -0.25) is 0 Å². The third-order valence-electron chi connectivity index (χ3n) is 3.95.